The molecule has 1 aliphatic carbocycles. The van der Waals surface area contributed by atoms with E-state index in [0.717, 1.165) is 26.2 Å². The number of nitrogens with one attached hydrogen (secondary N) is 1. The van der Waals surface area contributed by atoms with Crippen LogP contribution >= 0.6 is 0 Å². The minimum absolute atomic E-state index is 0.250. The first kappa shape index (κ1) is 13.0. The minimum Gasteiger partial charge on any atom is -0.381 e. The molecule has 2 heteroatoms. The molecule has 0 aromatic rings. The first-order chi connectivity index (χ1) is 6.97. The maximum Gasteiger partial charge on any atom is 0.0471 e. The number of hydrogen-bond donors (Lipinski definition) is 1. The highest BCUT2D eigenvalue weighted by molar-refractivity contribution is 4.95. The van der Waals surface area contributed by atoms with Gasteiger partial charge in [-0.05, 0) is 51.9 Å². The van der Waals surface area contributed by atoms with Crippen molar-refractivity contribution in [1.29, 1.82) is 0 Å². The van der Waals surface area contributed by atoms with Crippen molar-refractivity contribution in [2.75, 3.05) is 19.8 Å². The molecule has 0 aliphatic heterocycles. The Morgan fingerprint density at radius 1 is 1.20 bits per heavy atom. The molecule has 0 amide bonds. The zero-order valence-corrected chi connectivity index (χ0v) is 10.9. The standard InChI is InChI=1S/C13H27NO/c1-5-9-15-10-8-13(6-7-13)11-14-12(2,3)4/h14H,5-11H2,1-4H3. The third-order valence-electron chi connectivity index (χ3n) is 3.08. The van der Waals surface area contributed by atoms with Crippen molar-refractivity contribution in [3.05, 3.63) is 0 Å². The normalized spacial score (nSPS) is 19.2. The maximum absolute atomic E-state index is 5.56. The summed E-state index contributed by atoms with van der Waals surface area (Å²) in [6, 6.07) is 0. The van der Waals surface area contributed by atoms with Crippen molar-refractivity contribution in [2.45, 2.75) is 58.9 Å². The summed E-state index contributed by atoms with van der Waals surface area (Å²) in [5, 5.41) is 3.61. The monoisotopic (exact) mass is 213 g/mol. The molecule has 90 valence electrons. The van der Waals surface area contributed by atoms with Gasteiger partial charge in [0.15, 0.2) is 0 Å². The predicted molar refractivity (Wildman–Crippen MR) is 65.1 cm³/mol. The lowest BCUT2D eigenvalue weighted by Crippen LogP contribution is -2.40. The third-order valence-corrected chi connectivity index (χ3v) is 3.08. The van der Waals surface area contributed by atoms with Gasteiger partial charge < -0.3 is 10.1 Å². The van der Waals surface area contributed by atoms with E-state index >= 15 is 0 Å². The molecule has 0 unspecified atom stereocenters. The van der Waals surface area contributed by atoms with Gasteiger partial charge in [0.05, 0.1) is 0 Å². The van der Waals surface area contributed by atoms with E-state index in [1.807, 2.05) is 0 Å². The summed E-state index contributed by atoms with van der Waals surface area (Å²) in [6.07, 6.45) is 5.13. The first-order valence-electron chi connectivity index (χ1n) is 6.30. The molecule has 1 fully saturated rings. The zero-order valence-electron chi connectivity index (χ0n) is 10.9. The molecule has 1 rings (SSSR count). The Morgan fingerprint density at radius 3 is 2.33 bits per heavy atom. The van der Waals surface area contributed by atoms with E-state index in [0.29, 0.717) is 5.41 Å². The van der Waals surface area contributed by atoms with E-state index in [1.54, 1.807) is 0 Å². The Labute approximate surface area is 94.8 Å². The van der Waals surface area contributed by atoms with Gasteiger partial charge >= 0.3 is 0 Å². The lowest BCUT2D eigenvalue weighted by Gasteiger charge is -2.25. The van der Waals surface area contributed by atoms with Crippen LogP contribution in [0.4, 0.5) is 0 Å². The Kier molecular flexibility index (Phi) is 4.60. The van der Waals surface area contributed by atoms with Crippen LogP contribution in [0.3, 0.4) is 0 Å². The van der Waals surface area contributed by atoms with Crippen molar-refractivity contribution in [1.82, 2.24) is 5.32 Å². The van der Waals surface area contributed by atoms with Gasteiger partial charge in [0.1, 0.15) is 0 Å². The topological polar surface area (TPSA) is 21.3 Å². The van der Waals surface area contributed by atoms with Crippen LogP contribution in [0.5, 0.6) is 0 Å². The molecule has 0 aromatic carbocycles. The van der Waals surface area contributed by atoms with E-state index in [1.165, 1.54) is 19.3 Å². The summed E-state index contributed by atoms with van der Waals surface area (Å²) in [6.45, 7) is 11.9. The third kappa shape index (κ3) is 5.53. The average Bonchev–Trinajstić information content (AvgIpc) is 2.90. The summed E-state index contributed by atoms with van der Waals surface area (Å²) in [7, 11) is 0. The van der Waals surface area contributed by atoms with E-state index < -0.39 is 0 Å². The van der Waals surface area contributed by atoms with Crippen LogP contribution in [-0.4, -0.2) is 25.3 Å². The van der Waals surface area contributed by atoms with E-state index in [9.17, 15) is 0 Å². The highest BCUT2D eigenvalue weighted by Gasteiger charge is 2.42. The summed E-state index contributed by atoms with van der Waals surface area (Å²) < 4.78 is 5.56. The lowest BCUT2D eigenvalue weighted by atomic mass is 10.0. The van der Waals surface area contributed by atoms with E-state index in [-0.39, 0.29) is 5.54 Å². The maximum atomic E-state index is 5.56. The SMILES string of the molecule is CCCOCCC1(CNC(C)(C)C)CC1. The van der Waals surface area contributed by atoms with E-state index in [2.05, 4.69) is 33.0 Å². The molecule has 15 heavy (non-hydrogen) atoms. The summed E-state index contributed by atoms with van der Waals surface area (Å²) in [5.74, 6) is 0. The Bertz CT molecular complexity index is 179. The number of hydrogen-bond acceptors (Lipinski definition) is 2. The first-order valence-corrected chi connectivity index (χ1v) is 6.30. The molecule has 1 N–H and O–H groups in total. The second-order valence-corrected chi connectivity index (χ2v) is 5.97. The molecule has 0 heterocycles. The molecular weight excluding hydrogens is 186 g/mol. The lowest BCUT2D eigenvalue weighted by molar-refractivity contribution is 0.115. The average molecular weight is 213 g/mol. The molecule has 0 saturated heterocycles. The molecule has 0 radical (unpaired) electrons. The summed E-state index contributed by atoms with van der Waals surface area (Å²) >= 11 is 0. The second kappa shape index (κ2) is 5.31. The van der Waals surface area contributed by atoms with Gasteiger partial charge in [0.25, 0.3) is 0 Å². The molecule has 0 bridgehead atoms. The number of ether oxygens (including phenoxy) is 1. The van der Waals surface area contributed by atoms with Crippen molar-refractivity contribution in [3.63, 3.8) is 0 Å². The molecule has 2 nitrogen and oxygen atoms in total. The number of rotatable bonds is 7. The van der Waals surface area contributed by atoms with Crippen LogP contribution in [0.1, 0.15) is 53.4 Å². The molecule has 1 saturated carbocycles. The summed E-state index contributed by atoms with van der Waals surface area (Å²) in [5.41, 5.74) is 0.820. The van der Waals surface area contributed by atoms with Gasteiger partial charge in [-0.2, -0.15) is 0 Å². The fourth-order valence-corrected chi connectivity index (χ4v) is 1.68. The Balaban J connectivity index is 2.11. The zero-order chi connectivity index (χ0) is 11.4. The summed E-state index contributed by atoms with van der Waals surface area (Å²) in [4.78, 5) is 0. The van der Waals surface area contributed by atoms with E-state index in [4.69, 9.17) is 4.74 Å². The van der Waals surface area contributed by atoms with Gasteiger partial charge in [-0.25, -0.2) is 0 Å². The highest BCUT2D eigenvalue weighted by atomic mass is 16.5. The quantitative estimate of drug-likeness (QED) is 0.656. The van der Waals surface area contributed by atoms with Crippen molar-refractivity contribution in [2.24, 2.45) is 5.41 Å². The molecule has 0 spiro atoms. The Hall–Kier alpha value is -0.0800. The molecule has 1 aliphatic rings. The van der Waals surface area contributed by atoms with Crippen molar-refractivity contribution in [3.8, 4) is 0 Å². The van der Waals surface area contributed by atoms with Crippen LogP contribution in [-0.2, 0) is 4.74 Å². The minimum atomic E-state index is 0.250. The molecule has 0 atom stereocenters. The van der Waals surface area contributed by atoms with Crippen molar-refractivity contribution < 1.29 is 4.74 Å². The van der Waals surface area contributed by atoms with Gasteiger partial charge in [-0.15, -0.1) is 0 Å². The Morgan fingerprint density at radius 2 is 1.87 bits per heavy atom. The fourth-order valence-electron chi connectivity index (χ4n) is 1.68. The van der Waals surface area contributed by atoms with Crippen LogP contribution in [0.2, 0.25) is 0 Å². The highest BCUT2D eigenvalue weighted by Crippen LogP contribution is 2.48. The second-order valence-electron chi connectivity index (χ2n) is 5.97. The van der Waals surface area contributed by atoms with Crippen LogP contribution < -0.4 is 5.32 Å². The van der Waals surface area contributed by atoms with Gasteiger partial charge in [-0.1, -0.05) is 6.92 Å². The smallest absolute Gasteiger partial charge is 0.0471 e. The van der Waals surface area contributed by atoms with Crippen LogP contribution in [0, 0.1) is 5.41 Å². The fraction of sp³-hybridized carbons (Fsp3) is 1.00. The molecule has 0 aromatic heterocycles. The molecular formula is C13H27NO. The van der Waals surface area contributed by atoms with Crippen molar-refractivity contribution >= 4 is 0 Å². The van der Waals surface area contributed by atoms with Crippen LogP contribution in [0.15, 0.2) is 0 Å². The van der Waals surface area contributed by atoms with Crippen LogP contribution in [0.25, 0.3) is 0 Å². The van der Waals surface area contributed by atoms with Gasteiger partial charge in [0, 0.05) is 25.3 Å². The van der Waals surface area contributed by atoms with Gasteiger partial charge in [-0.3, -0.25) is 0 Å². The largest absolute Gasteiger partial charge is 0.381 e. The van der Waals surface area contributed by atoms with Gasteiger partial charge in [0.2, 0.25) is 0 Å². The predicted octanol–water partition coefficient (Wildman–Crippen LogP) is 2.97.